The van der Waals surface area contributed by atoms with Gasteiger partial charge in [0.25, 0.3) is 0 Å². The quantitative estimate of drug-likeness (QED) is 0.654. The van der Waals surface area contributed by atoms with Crippen molar-refractivity contribution in [3.63, 3.8) is 0 Å². The Kier molecular flexibility index (Phi) is 2.02. The topological polar surface area (TPSA) is 3.24 Å². The molecule has 90 valence electrons. The van der Waals surface area contributed by atoms with E-state index in [1.165, 1.54) is 19.4 Å². The lowest BCUT2D eigenvalue weighted by Crippen LogP contribution is -2.54. The molecule has 1 atom stereocenters. The molecule has 1 nitrogen and oxygen atoms in total. The SMILES string of the molecule is CN1CCCC1C12CC3CC(CC(C3)C1)C2. The molecule has 0 aromatic carbocycles. The maximum Gasteiger partial charge on any atom is 0.0149 e. The Hall–Kier alpha value is -0.0400. The normalized spacial score (nSPS) is 56.1. The lowest BCUT2D eigenvalue weighted by atomic mass is 9.47. The van der Waals surface area contributed by atoms with Gasteiger partial charge in [-0.1, -0.05) is 0 Å². The summed E-state index contributed by atoms with van der Waals surface area (Å²) in [5.41, 5.74) is 0.778. The fourth-order valence-electron chi connectivity index (χ4n) is 6.27. The molecule has 1 heterocycles. The van der Waals surface area contributed by atoms with Gasteiger partial charge in [-0.25, -0.2) is 0 Å². The van der Waals surface area contributed by atoms with Gasteiger partial charge in [0.2, 0.25) is 0 Å². The van der Waals surface area contributed by atoms with Gasteiger partial charge in [-0.05, 0) is 88.1 Å². The molecular weight excluding hydrogens is 194 g/mol. The highest BCUT2D eigenvalue weighted by Crippen LogP contribution is 2.62. The molecule has 4 bridgehead atoms. The van der Waals surface area contributed by atoms with Crippen LogP contribution in [0.4, 0.5) is 0 Å². The Morgan fingerprint density at radius 3 is 1.94 bits per heavy atom. The summed E-state index contributed by atoms with van der Waals surface area (Å²) >= 11 is 0. The summed E-state index contributed by atoms with van der Waals surface area (Å²) in [5.74, 6) is 3.38. The van der Waals surface area contributed by atoms with Crippen LogP contribution < -0.4 is 0 Å². The van der Waals surface area contributed by atoms with Crippen LogP contribution in [-0.2, 0) is 0 Å². The number of hydrogen-bond acceptors (Lipinski definition) is 1. The van der Waals surface area contributed by atoms with Crippen LogP contribution in [0.3, 0.4) is 0 Å². The molecule has 5 aliphatic rings. The second-order valence-electron chi connectivity index (χ2n) is 7.42. The van der Waals surface area contributed by atoms with Gasteiger partial charge in [0.1, 0.15) is 0 Å². The summed E-state index contributed by atoms with van der Waals surface area (Å²) < 4.78 is 0. The van der Waals surface area contributed by atoms with E-state index < -0.39 is 0 Å². The summed E-state index contributed by atoms with van der Waals surface area (Å²) in [5, 5.41) is 0. The first-order chi connectivity index (χ1) is 7.75. The average Bonchev–Trinajstić information content (AvgIpc) is 2.62. The summed E-state index contributed by atoms with van der Waals surface area (Å²) in [6.07, 6.45) is 12.5. The first-order valence-corrected chi connectivity index (χ1v) is 7.45. The van der Waals surface area contributed by atoms with E-state index in [9.17, 15) is 0 Å². The van der Waals surface area contributed by atoms with Crippen molar-refractivity contribution in [2.45, 2.75) is 57.4 Å². The van der Waals surface area contributed by atoms with Crippen molar-refractivity contribution in [2.75, 3.05) is 13.6 Å². The maximum atomic E-state index is 2.70. The molecule has 4 aliphatic carbocycles. The van der Waals surface area contributed by atoms with Crippen molar-refractivity contribution in [1.29, 1.82) is 0 Å². The minimum Gasteiger partial charge on any atom is -0.303 e. The third kappa shape index (κ3) is 1.27. The highest BCUT2D eigenvalue weighted by molar-refractivity contribution is 5.07. The molecule has 0 aromatic heterocycles. The van der Waals surface area contributed by atoms with Crippen LogP contribution in [0.2, 0.25) is 0 Å². The molecule has 5 fully saturated rings. The fraction of sp³-hybridized carbons (Fsp3) is 1.00. The second kappa shape index (κ2) is 3.25. The minimum absolute atomic E-state index is 0.778. The first-order valence-electron chi connectivity index (χ1n) is 7.45. The Balaban J connectivity index is 1.66. The summed E-state index contributed by atoms with van der Waals surface area (Å²) in [6.45, 7) is 1.37. The third-order valence-corrected chi connectivity index (χ3v) is 6.31. The Morgan fingerprint density at radius 1 is 0.938 bits per heavy atom. The van der Waals surface area contributed by atoms with Crippen molar-refractivity contribution < 1.29 is 0 Å². The van der Waals surface area contributed by atoms with Gasteiger partial charge < -0.3 is 4.90 Å². The van der Waals surface area contributed by atoms with Gasteiger partial charge >= 0.3 is 0 Å². The number of hydrogen-bond donors (Lipinski definition) is 0. The highest BCUT2D eigenvalue weighted by atomic mass is 15.2. The van der Waals surface area contributed by atoms with E-state index in [1.807, 2.05) is 0 Å². The van der Waals surface area contributed by atoms with Gasteiger partial charge in [-0.3, -0.25) is 0 Å². The van der Waals surface area contributed by atoms with E-state index >= 15 is 0 Å². The number of nitrogens with zero attached hydrogens (tertiary/aromatic N) is 1. The van der Waals surface area contributed by atoms with E-state index in [4.69, 9.17) is 0 Å². The summed E-state index contributed by atoms with van der Waals surface area (Å²) in [6, 6.07) is 0.959. The first kappa shape index (κ1) is 9.94. The summed E-state index contributed by atoms with van der Waals surface area (Å²) in [4.78, 5) is 2.70. The predicted molar refractivity (Wildman–Crippen MR) is 66.3 cm³/mol. The zero-order valence-electron chi connectivity index (χ0n) is 10.6. The Bertz CT molecular complexity index is 261. The van der Waals surface area contributed by atoms with E-state index in [1.54, 1.807) is 38.5 Å². The number of rotatable bonds is 1. The molecule has 1 unspecified atom stereocenters. The van der Waals surface area contributed by atoms with E-state index in [0.29, 0.717) is 0 Å². The van der Waals surface area contributed by atoms with Crippen LogP contribution in [0.25, 0.3) is 0 Å². The van der Waals surface area contributed by atoms with Crippen LogP contribution in [0.5, 0.6) is 0 Å². The minimum atomic E-state index is 0.778. The number of likely N-dealkylation sites (tertiary alicyclic amines) is 1. The predicted octanol–water partition coefficient (Wildman–Crippen LogP) is 3.30. The molecule has 1 aliphatic heterocycles. The largest absolute Gasteiger partial charge is 0.303 e. The van der Waals surface area contributed by atoms with Crippen molar-refractivity contribution in [3.05, 3.63) is 0 Å². The Labute approximate surface area is 99.6 Å². The molecule has 0 spiro atoms. The van der Waals surface area contributed by atoms with Crippen LogP contribution in [-0.4, -0.2) is 24.5 Å². The van der Waals surface area contributed by atoms with Crippen LogP contribution >= 0.6 is 0 Å². The van der Waals surface area contributed by atoms with Crippen LogP contribution in [0.15, 0.2) is 0 Å². The lowest BCUT2D eigenvalue weighted by molar-refractivity contribution is -0.0891. The van der Waals surface area contributed by atoms with Gasteiger partial charge in [0.05, 0.1) is 0 Å². The third-order valence-electron chi connectivity index (χ3n) is 6.31. The molecule has 0 amide bonds. The molecule has 1 heteroatoms. The maximum absolute atomic E-state index is 2.70. The highest BCUT2D eigenvalue weighted by Gasteiger charge is 2.55. The smallest absolute Gasteiger partial charge is 0.0149 e. The molecule has 4 saturated carbocycles. The second-order valence-corrected chi connectivity index (χ2v) is 7.42. The van der Waals surface area contributed by atoms with Gasteiger partial charge in [0, 0.05) is 6.04 Å². The van der Waals surface area contributed by atoms with E-state index in [2.05, 4.69) is 11.9 Å². The zero-order chi connectivity index (χ0) is 10.8. The molecular formula is C15H25N. The van der Waals surface area contributed by atoms with Crippen LogP contribution in [0.1, 0.15) is 51.4 Å². The van der Waals surface area contributed by atoms with Gasteiger partial charge in [0.15, 0.2) is 0 Å². The van der Waals surface area contributed by atoms with Crippen molar-refractivity contribution >= 4 is 0 Å². The lowest BCUT2D eigenvalue weighted by Gasteiger charge is -2.60. The Morgan fingerprint density at radius 2 is 1.50 bits per heavy atom. The standard InChI is InChI=1S/C15H25N/c1-16-4-2-3-14(16)15-8-11-5-12(9-15)7-13(6-11)10-15/h11-14H,2-10H2,1H3. The van der Waals surface area contributed by atoms with Gasteiger partial charge in [-0.2, -0.15) is 0 Å². The van der Waals surface area contributed by atoms with Crippen molar-refractivity contribution in [3.8, 4) is 0 Å². The van der Waals surface area contributed by atoms with Gasteiger partial charge in [-0.15, -0.1) is 0 Å². The fourth-order valence-corrected chi connectivity index (χ4v) is 6.27. The molecule has 0 radical (unpaired) electrons. The van der Waals surface area contributed by atoms with E-state index in [0.717, 1.165) is 29.2 Å². The van der Waals surface area contributed by atoms with Crippen LogP contribution in [0, 0.1) is 23.2 Å². The molecule has 1 saturated heterocycles. The average molecular weight is 219 g/mol. The van der Waals surface area contributed by atoms with Crippen molar-refractivity contribution in [1.82, 2.24) is 4.90 Å². The molecule has 16 heavy (non-hydrogen) atoms. The van der Waals surface area contributed by atoms with Crippen molar-refractivity contribution in [2.24, 2.45) is 23.2 Å². The molecule has 0 aromatic rings. The van der Waals surface area contributed by atoms with E-state index in [-0.39, 0.29) is 0 Å². The summed E-state index contributed by atoms with van der Waals surface area (Å²) in [7, 11) is 2.39. The molecule has 5 rings (SSSR count). The molecule has 0 N–H and O–H groups in total. The monoisotopic (exact) mass is 219 g/mol. The zero-order valence-corrected chi connectivity index (χ0v) is 10.6.